The van der Waals surface area contributed by atoms with E-state index >= 15 is 0 Å². The summed E-state index contributed by atoms with van der Waals surface area (Å²) < 4.78 is 0. The fourth-order valence-electron chi connectivity index (χ4n) is 4.47. The molecule has 0 amide bonds. The minimum absolute atomic E-state index is 0.288. The maximum atomic E-state index is 6.52. The summed E-state index contributed by atoms with van der Waals surface area (Å²) in [5, 5.41) is 1.01. The highest BCUT2D eigenvalue weighted by Crippen LogP contribution is 2.48. The first-order chi connectivity index (χ1) is 13.4. The summed E-state index contributed by atoms with van der Waals surface area (Å²) in [5.41, 5.74) is 18.8. The lowest BCUT2D eigenvalue weighted by Gasteiger charge is -2.43. The van der Waals surface area contributed by atoms with Gasteiger partial charge in [0.15, 0.2) is 5.82 Å². The van der Waals surface area contributed by atoms with Gasteiger partial charge in [0, 0.05) is 30.2 Å². The molecule has 7 nitrogen and oxygen atoms in total. The van der Waals surface area contributed by atoms with Gasteiger partial charge in [0.1, 0.15) is 16.7 Å². The summed E-state index contributed by atoms with van der Waals surface area (Å²) in [6.07, 6.45) is 8.07. The van der Waals surface area contributed by atoms with Gasteiger partial charge in [0.05, 0.1) is 11.2 Å². The Hall–Kier alpha value is -1.77. The maximum absolute atomic E-state index is 6.52. The Labute approximate surface area is 174 Å². The van der Waals surface area contributed by atoms with Crippen molar-refractivity contribution in [2.45, 2.75) is 48.6 Å². The zero-order valence-electron chi connectivity index (χ0n) is 15.9. The Bertz CT molecular complexity index is 869. The van der Waals surface area contributed by atoms with Crippen molar-refractivity contribution < 1.29 is 0 Å². The van der Waals surface area contributed by atoms with Gasteiger partial charge in [-0.2, -0.15) is 0 Å². The fraction of sp³-hybridized carbons (Fsp3) is 0.526. The van der Waals surface area contributed by atoms with E-state index in [0.29, 0.717) is 33.2 Å². The van der Waals surface area contributed by atoms with Crippen LogP contribution in [0.1, 0.15) is 32.6 Å². The number of hydrogen-bond acceptors (Lipinski definition) is 8. The number of nitrogens with zero attached hydrogens (tertiary/aromatic N) is 4. The second kappa shape index (κ2) is 7.57. The maximum Gasteiger partial charge on any atom is 0.158 e. The van der Waals surface area contributed by atoms with Crippen LogP contribution < -0.4 is 22.1 Å². The first kappa shape index (κ1) is 19.5. The van der Waals surface area contributed by atoms with Crippen LogP contribution in [-0.4, -0.2) is 34.1 Å². The monoisotopic (exact) mass is 419 g/mol. The van der Waals surface area contributed by atoms with Gasteiger partial charge in [-0.15, -0.1) is 0 Å². The van der Waals surface area contributed by atoms with E-state index in [9.17, 15) is 0 Å². The van der Waals surface area contributed by atoms with Crippen LogP contribution in [0.25, 0.3) is 0 Å². The molecule has 2 aromatic heterocycles. The van der Waals surface area contributed by atoms with Gasteiger partial charge >= 0.3 is 0 Å². The van der Waals surface area contributed by atoms with Crippen LogP contribution in [0.4, 0.5) is 17.5 Å². The Morgan fingerprint density at radius 1 is 1.18 bits per heavy atom. The van der Waals surface area contributed by atoms with Crippen LogP contribution in [-0.2, 0) is 0 Å². The predicted molar refractivity (Wildman–Crippen MR) is 114 cm³/mol. The average Bonchev–Trinajstić information content (AvgIpc) is 2.96. The molecule has 1 aliphatic carbocycles. The molecule has 9 heteroatoms. The van der Waals surface area contributed by atoms with Crippen LogP contribution in [0, 0.1) is 11.3 Å². The van der Waals surface area contributed by atoms with Gasteiger partial charge in [-0.25, -0.2) is 15.0 Å². The summed E-state index contributed by atoms with van der Waals surface area (Å²) in [4.78, 5) is 16.1. The van der Waals surface area contributed by atoms with E-state index in [1.807, 2.05) is 0 Å². The SMILES string of the molecule is C[C@H]1CCC2(CCN(c3cnc(Sc4ccnc(N)c4Cl)c(N)n3)CC2)[C@@H]1N. The number of nitrogen functional groups attached to an aromatic ring is 2. The van der Waals surface area contributed by atoms with E-state index in [0.717, 1.165) is 36.6 Å². The van der Waals surface area contributed by atoms with Crippen molar-refractivity contribution in [3.8, 4) is 0 Å². The Morgan fingerprint density at radius 2 is 1.93 bits per heavy atom. The van der Waals surface area contributed by atoms with Gasteiger partial charge in [-0.05, 0) is 43.1 Å². The molecule has 1 aliphatic heterocycles. The molecule has 3 heterocycles. The highest BCUT2D eigenvalue weighted by atomic mass is 35.5. The van der Waals surface area contributed by atoms with Gasteiger partial charge < -0.3 is 22.1 Å². The molecule has 0 unspecified atom stereocenters. The van der Waals surface area contributed by atoms with Gasteiger partial charge in [-0.3, -0.25) is 0 Å². The Balaban J connectivity index is 1.46. The summed E-state index contributed by atoms with van der Waals surface area (Å²) in [5.74, 6) is 2.11. The minimum atomic E-state index is 0.288. The van der Waals surface area contributed by atoms with Crippen molar-refractivity contribution in [1.29, 1.82) is 0 Å². The van der Waals surface area contributed by atoms with Gasteiger partial charge in [-0.1, -0.05) is 30.3 Å². The van der Waals surface area contributed by atoms with Crippen molar-refractivity contribution >= 4 is 40.8 Å². The Morgan fingerprint density at radius 3 is 2.57 bits per heavy atom. The van der Waals surface area contributed by atoms with Crippen LogP contribution in [0.3, 0.4) is 0 Å². The molecule has 150 valence electrons. The molecule has 6 N–H and O–H groups in total. The number of rotatable bonds is 3. The lowest BCUT2D eigenvalue weighted by molar-refractivity contribution is 0.186. The number of piperidine rings is 1. The first-order valence-corrected chi connectivity index (χ1v) is 10.8. The van der Waals surface area contributed by atoms with E-state index in [4.69, 9.17) is 28.8 Å². The van der Waals surface area contributed by atoms with Crippen LogP contribution >= 0.6 is 23.4 Å². The van der Waals surface area contributed by atoms with Crippen molar-refractivity contribution in [2.75, 3.05) is 29.5 Å². The molecule has 2 aliphatic rings. The average molecular weight is 420 g/mol. The molecule has 28 heavy (non-hydrogen) atoms. The number of halogens is 1. The number of hydrogen-bond donors (Lipinski definition) is 3. The van der Waals surface area contributed by atoms with Crippen molar-refractivity contribution in [3.05, 3.63) is 23.5 Å². The summed E-state index contributed by atoms with van der Waals surface area (Å²) in [6, 6.07) is 2.09. The quantitative estimate of drug-likeness (QED) is 0.693. The van der Waals surface area contributed by atoms with Gasteiger partial charge in [0.25, 0.3) is 0 Å². The van der Waals surface area contributed by atoms with E-state index in [2.05, 4.69) is 26.8 Å². The van der Waals surface area contributed by atoms with Crippen molar-refractivity contribution in [3.63, 3.8) is 0 Å². The summed E-state index contributed by atoms with van der Waals surface area (Å²) in [6.45, 7) is 4.15. The largest absolute Gasteiger partial charge is 0.382 e. The highest BCUT2D eigenvalue weighted by molar-refractivity contribution is 7.99. The number of nitrogens with two attached hydrogens (primary N) is 3. The fourth-order valence-corrected chi connectivity index (χ4v) is 5.48. The molecule has 2 fully saturated rings. The normalized spacial score (nSPS) is 24.0. The van der Waals surface area contributed by atoms with Crippen LogP contribution in [0.5, 0.6) is 0 Å². The van der Waals surface area contributed by atoms with Gasteiger partial charge in [0.2, 0.25) is 0 Å². The van der Waals surface area contributed by atoms with E-state index in [1.54, 1.807) is 18.5 Å². The van der Waals surface area contributed by atoms with Crippen molar-refractivity contribution in [2.24, 2.45) is 17.1 Å². The summed E-state index contributed by atoms with van der Waals surface area (Å²) in [7, 11) is 0. The molecule has 2 atom stereocenters. The molecule has 0 aromatic carbocycles. The molecular weight excluding hydrogens is 394 g/mol. The van der Waals surface area contributed by atoms with E-state index in [-0.39, 0.29) is 5.82 Å². The molecule has 1 spiro atoms. The van der Waals surface area contributed by atoms with Crippen LogP contribution in [0.15, 0.2) is 28.4 Å². The Kier molecular flexibility index (Phi) is 5.28. The molecule has 0 bridgehead atoms. The molecule has 4 rings (SSSR count). The number of anilines is 3. The third-order valence-electron chi connectivity index (χ3n) is 6.34. The van der Waals surface area contributed by atoms with Crippen molar-refractivity contribution in [1.82, 2.24) is 15.0 Å². The predicted octanol–water partition coefficient (Wildman–Crippen LogP) is 3.18. The lowest BCUT2D eigenvalue weighted by Crippen LogP contribution is -2.48. The molecule has 1 saturated heterocycles. The van der Waals surface area contributed by atoms with E-state index in [1.165, 1.54) is 24.6 Å². The minimum Gasteiger partial charge on any atom is -0.382 e. The van der Waals surface area contributed by atoms with Crippen LogP contribution in [0.2, 0.25) is 5.02 Å². The molecular formula is C19H26ClN7S. The molecule has 2 aromatic rings. The number of pyridine rings is 1. The second-order valence-electron chi connectivity index (χ2n) is 7.92. The first-order valence-electron chi connectivity index (χ1n) is 9.60. The second-order valence-corrected chi connectivity index (χ2v) is 9.33. The van der Waals surface area contributed by atoms with E-state index < -0.39 is 0 Å². The smallest absolute Gasteiger partial charge is 0.158 e. The standard InChI is InChI=1S/C19H26ClN7S/c1-11-2-4-19(15(11)21)5-8-27(9-6-19)13-10-25-18(17(23)26-13)28-12-3-7-24-16(22)14(12)20/h3,7,10-11,15H,2,4-6,8-9,21H2,1H3,(H2,22,24)(H2,23,26)/t11-,15+/m0/s1. The molecule has 0 radical (unpaired) electrons. The highest BCUT2D eigenvalue weighted by Gasteiger charge is 2.46. The topological polar surface area (TPSA) is 120 Å². The number of aromatic nitrogens is 3. The third-order valence-corrected chi connectivity index (χ3v) is 7.92. The third kappa shape index (κ3) is 3.49. The molecule has 1 saturated carbocycles. The zero-order valence-corrected chi connectivity index (χ0v) is 17.5. The summed E-state index contributed by atoms with van der Waals surface area (Å²) >= 11 is 7.55. The zero-order chi connectivity index (χ0) is 19.9. The lowest BCUT2D eigenvalue weighted by atomic mass is 9.73.